The first kappa shape index (κ1) is 14.4. The summed E-state index contributed by atoms with van der Waals surface area (Å²) in [5, 5.41) is 3.63. The molecule has 1 atom stereocenters. The van der Waals surface area contributed by atoms with E-state index >= 15 is 0 Å². The minimum Gasteiger partial charge on any atom is -0.382 e. The highest BCUT2D eigenvalue weighted by Gasteiger charge is 2.22. The highest BCUT2D eigenvalue weighted by molar-refractivity contribution is 5.78. The zero-order valence-corrected chi connectivity index (χ0v) is 13.0. The Balaban J connectivity index is 1.54. The number of rotatable bonds is 5. The van der Waals surface area contributed by atoms with Gasteiger partial charge in [0, 0.05) is 31.2 Å². The number of anilines is 1. The zero-order valence-electron chi connectivity index (χ0n) is 13.0. The molecule has 3 rings (SSSR count). The van der Waals surface area contributed by atoms with Gasteiger partial charge < -0.3 is 10.2 Å². The van der Waals surface area contributed by atoms with Crippen LogP contribution in [0, 0.1) is 5.92 Å². The predicted molar refractivity (Wildman–Crippen MR) is 86.1 cm³/mol. The van der Waals surface area contributed by atoms with Crippen LogP contribution in [0.5, 0.6) is 0 Å². The highest BCUT2D eigenvalue weighted by Crippen LogP contribution is 2.29. The van der Waals surface area contributed by atoms with E-state index < -0.39 is 0 Å². The summed E-state index contributed by atoms with van der Waals surface area (Å²) in [6, 6.07) is 9.16. The maximum atomic E-state index is 11.7. The zero-order chi connectivity index (χ0) is 14.7. The molecule has 1 heterocycles. The van der Waals surface area contributed by atoms with Crippen LogP contribution in [0.15, 0.2) is 24.3 Å². The average Bonchev–Trinajstić information content (AvgIpc) is 3.14. The normalized spacial score (nSPS) is 21.0. The van der Waals surface area contributed by atoms with E-state index in [-0.39, 0.29) is 0 Å². The number of carbonyl (C=O) groups excluding carboxylic acids is 1. The Bertz CT molecular complexity index is 476. The SMILES string of the molecule is C[C@@H](Nc1ccc(CN2CCCC2=O)cc1)C1CCCC1. The number of likely N-dealkylation sites (tertiary alicyclic amines) is 1. The lowest BCUT2D eigenvalue weighted by Gasteiger charge is -2.22. The topological polar surface area (TPSA) is 32.3 Å². The predicted octanol–water partition coefficient (Wildman–Crippen LogP) is 3.80. The van der Waals surface area contributed by atoms with Gasteiger partial charge in [0.15, 0.2) is 0 Å². The molecule has 0 spiro atoms. The lowest BCUT2D eigenvalue weighted by Crippen LogP contribution is -2.24. The standard InChI is InChI=1S/C18H26N2O/c1-14(16-5-2-3-6-16)19-17-10-8-15(9-11-17)13-20-12-4-7-18(20)21/h8-11,14,16,19H,2-7,12-13H2,1H3/t14-/m1/s1. The van der Waals surface area contributed by atoms with Crippen molar-refractivity contribution >= 4 is 11.6 Å². The van der Waals surface area contributed by atoms with Crippen molar-refractivity contribution in [3.63, 3.8) is 0 Å². The van der Waals surface area contributed by atoms with Crippen LogP contribution in [0.1, 0.15) is 51.0 Å². The largest absolute Gasteiger partial charge is 0.382 e. The third kappa shape index (κ3) is 3.58. The average molecular weight is 286 g/mol. The Morgan fingerprint density at radius 3 is 2.52 bits per heavy atom. The molecule has 0 unspecified atom stereocenters. The van der Waals surface area contributed by atoms with Gasteiger partial charge in [0.2, 0.25) is 5.91 Å². The number of amides is 1. The van der Waals surface area contributed by atoms with Crippen LogP contribution in [0.3, 0.4) is 0 Å². The first-order valence-corrected chi connectivity index (χ1v) is 8.35. The van der Waals surface area contributed by atoms with Gasteiger partial charge in [-0.2, -0.15) is 0 Å². The molecule has 1 aliphatic carbocycles. The summed E-state index contributed by atoms with van der Waals surface area (Å²) in [4.78, 5) is 13.6. The smallest absolute Gasteiger partial charge is 0.222 e. The van der Waals surface area contributed by atoms with Crippen molar-refractivity contribution in [3.05, 3.63) is 29.8 Å². The van der Waals surface area contributed by atoms with Crippen molar-refractivity contribution in [2.24, 2.45) is 5.92 Å². The molecule has 0 bridgehead atoms. The van der Waals surface area contributed by atoms with Crippen LogP contribution < -0.4 is 5.32 Å². The molecular weight excluding hydrogens is 260 g/mol. The van der Waals surface area contributed by atoms with Gasteiger partial charge in [-0.15, -0.1) is 0 Å². The Morgan fingerprint density at radius 2 is 1.90 bits per heavy atom. The number of carbonyl (C=O) groups is 1. The maximum Gasteiger partial charge on any atom is 0.222 e. The Labute approximate surface area is 127 Å². The van der Waals surface area contributed by atoms with Crippen LogP contribution >= 0.6 is 0 Å². The molecule has 1 saturated heterocycles. The van der Waals surface area contributed by atoms with Crippen molar-refractivity contribution < 1.29 is 4.79 Å². The molecule has 3 heteroatoms. The molecule has 1 saturated carbocycles. The molecule has 114 valence electrons. The summed E-state index contributed by atoms with van der Waals surface area (Å²) < 4.78 is 0. The van der Waals surface area contributed by atoms with Crippen LogP contribution in [-0.2, 0) is 11.3 Å². The summed E-state index contributed by atoms with van der Waals surface area (Å²) in [5.74, 6) is 1.12. The molecule has 2 fully saturated rings. The first-order chi connectivity index (χ1) is 10.2. The van der Waals surface area contributed by atoms with E-state index in [0.29, 0.717) is 11.9 Å². The number of nitrogens with zero attached hydrogens (tertiary/aromatic N) is 1. The molecule has 1 amide bonds. The monoisotopic (exact) mass is 286 g/mol. The lowest BCUT2D eigenvalue weighted by molar-refractivity contribution is -0.128. The molecule has 2 aliphatic rings. The van der Waals surface area contributed by atoms with E-state index in [2.05, 4.69) is 36.5 Å². The minimum atomic E-state index is 0.298. The van der Waals surface area contributed by atoms with Gasteiger partial charge >= 0.3 is 0 Å². The Kier molecular flexibility index (Phi) is 4.47. The minimum absolute atomic E-state index is 0.298. The van der Waals surface area contributed by atoms with Crippen molar-refractivity contribution in [2.45, 2.75) is 58.0 Å². The maximum absolute atomic E-state index is 11.7. The summed E-state index contributed by atoms with van der Waals surface area (Å²) in [7, 11) is 0. The first-order valence-electron chi connectivity index (χ1n) is 8.35. The molecule has 0 radical (unpaired) electrons. The number of hydrogen-bond donors (Lipinski definition) is 1. The third-order valence-corrected chi connectivity index (χ3v) is 5.00. The van der Waals surface area contributed by atoms with Crippen LogP contribution in [0.2, 0.25) is 0 Å². The molecule has 21 heavy (non-hydrogen) atoms. The second-order valence-electron chi connectivity index (χ2n) is 6.59. The van der Waals surface area contributed by atoms with E-state index in [0.717, 1.165) is 31.8 Å². The molecule has 1 aliphatic heterocycles. The van der Waals surface area contributed by atoms with Crippen LogP contribution in [-0.4, -0.2) is 23.4 Å². The summed E-state index contributed by atoms with van der Waals surface area (Å²) in [6.45, 7) is 3.97. The van der Waals surface area contributed by atoms with E-state index in [9.17, 15) is 4.79 Å². The second kappa shape index (κ2) is 6.50. The third-order valence-electron chi connectivity index (χ3n) is 5.00. The Morgan fingerprint density at radius 1 is 1.19 bits per heavy atom. The van der Waals surface area contributed by atoms with Crippen LogP contribution in [0.25, 0.3) is 0 Å². The summed E-state index contributed by atoms with van der Waals surface area (Å²) in [5.41, 5.74) is 2.43. The highest BCUT2D eigenvalue weighted by atomic mass is 16.2. The van der Waals surface area contributed by atoms with E-state index in [1.807, 2.05) is 4.90 Å². The molecule has 3 nitrogen and oxygen atoms in total. The fourth-order valence-electron chi connectivity index (χ4n) is 3.64. The van der Waals surface area contributed by atoms with Gasteiger partial charge in [0.25, 0.3) is 0 Å². The molecular formula is C18H26N2O. The van der Waals surface area contributed by atoms with Gasteiger partial charge in [0.1, 0.15) is 0 Å². The fourth-order valence-corrected chi connectivity index (χ4v) is 3.64. The molecule has 1 aromatic rings. The van der Waals surface area contributed by atoms with Gasteiger partial charge in [-0.05, 0) is 49.8 Å². The van der Waals surface area contributed by atoms with Crippen molar-refractivity contribution in [1.29, 1.82) is 0 Å². The van der Waals surface area contributed by atoms with E-state index in [1.165, 1.54) is 36.9 Å². The molecule has 0 aromatic heterocycles. The van der Waals surface area contributed by atoms with Gasteiger partial charge in [-0.25, -0.2) is 0 Å². The Hall–Kier alpha value is -1.51. The summed E-state index contributed by atoms with van der Waals surface area (Å²) >= 11 is 0. The quantitative estimate of drug-likeness (QED) is 0.893. The second-order valence-corrected chi connectivity index (χ2v) is 6.59. The fraction of sp³-hybridized carbons (Fsp3) is 0.611. The lowest BCUT2D eigenvalue weighted by atomic mass is 9.99. The van der Waals surface area contributed by atoms with Crippen molar-refractivity contribution in [1.82, 2.24) is 4.90 Å². The summed E-state index contributed by atoms with van der Waals surface area (Å²) in [6.07, 6.45) is 7.24. The van der Waals surface area contributed by atoms with E-state index in [4.69, 9.17) is 0 Å². The molecule has 1 aromatic carbocycles. The van der Waals surface area contributed by atoms with Gasteiger partial charge in [0.05, 0.1) is 0 Å². The van der Waals surface area contributed by atoms with Gasteiger partial charge in [-0.1, -0.05) is 25.0 Å². The van der Waals surface area contributed by atoms with Gasteiger partial charge in [-0.3, -0.25) is 4.79 Å². The number of nitrogens with one attached hydrogen (secondary N) is 1. The number of hydrogen-bond acceptors (Lipinski definition) is 2. The van der Waals surface area contributed by atoms with Crippen molar-refractivity contribution in [3.8, 4) is 0 Å². The molecule has 1 N–H and O–H groups in total. The van der Waals surface area contributed by atoms with Crippen molar-refractivity contribution in [2.75, 3.05) is 11.9 Å². The van der Waals surface area contributed by atoms with E-state index in [1.54, 1.807) is 0 Å². The number of benzene rings is 1. The van der Waals surface area contributed by atoms with Crippen LogP contribution in [0.4, 0.5) is 5.69 Å².